The molecule has 4 atom stereocenters. The molecular weight excluding hydrogens is 114 g/mol. The maximum absolute atomic E-state index is 9.30. The van der Waals surface area contributed by atoms with Gasteiger partial charge in [0.05, 0.1) is 6.10 Å². The molecule has 9 heavy (non-hydrogen) atoms. The number of aliphatic hydroxyl groups excluding tert-OH is 1. The Kier molecular flexibility index (Phi) is 0.837. The fourth-order valence-corrected chi connectivity index (χ4v) is 2.22. The van der Waals surface area contributed by atoms with Crippen molar-refractivity contribution in [3.05, 3.63) is 0 Å². The van der Waals surface area contributed by atoms with Crippen LogP contribution >= 0.6 is 0 Å². The van der Waals surface area contributed by atoms with Gasteiger partial charge in [0.25, 0.3) is 0 Å². The molecule has 2 aliphatic carbocycles. The third-order valence-corrected chi connectivity index (χ3v) is 3.21. The minimum absolute atomic E-state index is 0.0810. The van der Waals surface area contributed by atoms with Crippen molar-refractivity contribution in [3.63, 3.8) is 0 Å². The number of nitrogens with two attached hydrogens (primary N) is 1. The smallest absolute Gasteiger partial charge is 0.0628 e. The van der Waals surface area contributed by atoms with Crippen molar-refractivity contribution < 1.29 is 5.11 Å². The van der Waals surface area contributed by atoms with Crippen molar-refractivity contribution in [3.8, 4) is 0 Å². The zero-order valence-corrected chi connectivity index (χ0v) is 5.67. The molecule has 0 heterocycles. The van der Waals surface area contributed by atoms with Crippen LogP contribution in [0.15, 0.2) is 0 Å². The molecule has 2 nitrogen and oxygen atoms in total. The van der Waals surface area contributed by atoms with Crippen molar-refractivity contribution in [1.29, 1.82) is 0 Å². The van der Waals surface area contributed by atoms with Gasteiger partial charge in [-0.25, -0.2) is 0 Å². The summed E-state index contributed by atoms with van der Waals surface area (Å²) in [6.07, 6.45) is 1.89. The molecule has 2 heteroatoms. The Morgan fingerprint density at radius 2 is 2.22 bits per heavy atom. The predicted molar refractivity (Wildman–Crippen MR) is 34.8 cm³/mol. The van der Waals surface area contributed by atoms with E-state index in [-0.39, 0.29) is 11.5 Å². The second-order valence-corrected chi connectivity index (χ2v) is 3.58. The highest BCUT2D eigenvalue weighted by atomic mass is 16.3. The molecule has 2 fully saturated rings. The van der Waals surface area contributed by atoms with Gasteiger partial charge in [-0.15, -0.1) is 0 Å². The van der Waals surface area contributed by atoms with E-state index in [1.807, 2.05) is 0 Å². The molecule has 1 spiro atoms. The molecule has 2 aliphatic rings. The van der Waals surface area contributed by atoms with Gasteiger partial charge in [0.15, 0.2) is 0 Å². The van der Waals surface area contributed by atoms with E-state index in [0.717, 1.165) is 12.8 Å². The minimum atomic E-state index is -0.0810. The third-order valence-electron chi connectivity index (χ3n) is 3.21. The van der Waals surface area contributed by atoms with Gasteiger partial charge in [0, 0.05) is 11.5 Å². The monoisotopic (exact) mass is 127 g/mol. The van der Waals surface area contributed by atoms with Gasteiger partial charge in [-0.3, -0.25) is 0 Å². The lowest BCUT2D eigenvalue weighted by Gasteiger charge is -2.41. The van der Waals surface area contributed by atoms with Gasteiger partial charge in [-0.2, -0.15) is 0 Å². The molecule has 3 N–H and O–H groups in total. The van der Waals surface area contributed by atoms with Gasteiger partial charge < -0.3 is 10.8 Å². The summed E-state index contributed by atoms with van der Waals surface area (Å²) in [6.45, 7) is 2.17. The molecule has 4 unspecified atom stereocenters. The maximum atomic E-state index is 9.30. The Morgan fingerprint density at radius 1 is 1.67 bits per heavy atom. The van der Waals surface area contributed by atoms with Crippen LogP contribution in [0.25, 0.3) is 0 Å². The molecule has 0 amide bonds. The average Bonchev–Trinajstić information content (AvgIpc) is 2.46. The zero-order chi connectivity index (χ0) is 6.65. The van der Waals surface area contributed by atoms with E-state index in [1.165, 1.54) is 0 Å². The minimum Gasteiger partial charge on any atom is -0.392 e. The first kappa shape index (κ1) is 5.69. The number of rotatable bonds is 0. The van der Waals surface area contributed by atoms with Crippen LogP contribution in [0.1, 0.15) is 19.8 Å². The Balaban J connectivity index is 2.12. The van der Waals surface area contributed by atoms with Crippen molar-refractivity contribution in [2.24, 2.45) is 17.1 Å². The predicted octanol–water partition coefficient (Wildman–Crippen LogP) is 0.104. The van der Waals surface area contributed by atoms with Crippen LogP contribution in [0.5, 0.6) is 0 Å². The normalized spacial score (nSPS) is 63.7. The van der Waals surface area contributed by atoms with E-state index in [9.17, 15) is 5.11 Å². The second kappa shape index (κ2) is 1.32. The van der Waals surface area contributed by atoms with Crippen LogP contribution in [0.2, 0.25) is 0 Å². The molecule has 0 aromatic rings. The first-order valence-electron chi connectivity index (χ1n) is 3.61. The van der Waals surface area contributed by atoms with Crippen LogP contribution in [-0.4, -0.2) is 17.3 Å². The van der Waals surface area contributed by atoms with E-state index in [4.69, 9.17) is 5.73 Å². The van der Waals surface area contributed by atoms with Crippen molar-refractivity contribution >= 4 is 0 Å². The summed E-state index contributed by atoms with van der Waals surface area (Å²) in [4.78, 5) is 0. The SMILES string of the molecule is CC1CC12C(N)CC2O. The standard InChI is InChI=1S/C7H13NO/c1-4-3-7(4)5(8)2-6(7)9/h4-6,9H,2-3,8H2,1H3. The van der Waals surface area contributed by atoms with E-state index in [2.05, 4.69) is 6.92 Å². The summed E-state index contributed by atoms with van der Waals surface area (Å²) in [5, 5.41) is 9.30. The van der Waals surface area contributed by atoms with Crippen LogP contribution in [0.4, 0.5) is 0 Å². The van der Waals surface area contributed by atoms with E-state index in [1.54, 1.807) is 0 Å². The maximum Gasteiger partial charge on any atom is 0.0628 e. The van der Waals surface area contributed by atoms with Crippen LogP contribution in [-0.2, 0) is 0 Å². The van der Waals surface area contributed by atoms with Crippen LogP contribution in [0.3, 0.4) is 0 Å². The lowest BCUT2D eigenvalue weighted by atomic mass is 9.72. The highest BCUT2D eigenvalue weighted by molar-refractivity contribution is 5.18. The second-order valence-electron chi connectivity index (χ2n) is 3.58. The molecule has 2 saturated carbocycles. The summed E-state index contributed by atoms with van der Waals surface area (Å²) in [5.74, 6) is 0.677. The van der Waals surface area contributed by atoms with Crippen molar-refractivity contribution in [1.82, 2.24) is 0 Å². The highest BCUT2D eigenvalue weighted by Crippen LogP contribution is 2.64. The van der Waals surface area contributed by atoms with Gasteiger partial charge in [0.2, 0.25) is 0 Å². The third kappa shape index (κ3) is 0.447. The first-order valence-corrected chi connectivity index (χ1v) is 3.61. The summed E-state index contributed by atoms with van der Waals surface area (Å²) >= 11 is 0. The quantitative estimate of drug-likeness (QED) is 0.485. The Morgan fingerprint density at radius 3 is 2.33 bits per heavy atom. The fourth-order valence-electron chi connectivity index (χ4n) is 2.22. The number of aliphatic hydroxyl groups is 1. The summed E-state index contributed by atoms with van der Waals surface area (Å²) in [7, 11) is 0. The Hall–Kier alpha value is -0.0800. The molecule has 0 bridgehead atoms. The summed E-state index contributed by atoms with van der Waals surface area (Å²) in [6, 6.07) is 0.294. The van der Waals surface area contributed by atoms with Crippen molar-refractivity contribution in [2.45, 2.75) is 31.9 Å². The molecule has 2 rings (SSSR count). The molecule has 0 aliphatic heterocycles. The first-order chi connectivity index (χ1) is 4.18. The highest BCUT2D eigenvalue weighted by Gasteiger charge is 2.66. The average molecular weight is 127 g/mol. The molecule has 52 valence electrons. The van der Waals surface area contributed by atoms with Gasteiger partial charge in [0.1, 0.15) is 0 Å². The number of hydrogen-bond acceptors (Lipinski definition) is 2. The molecular formula is C7H13NO. The molecule has 0 radical (unpaired) electrons. The van der Waals surface area contributed by atoms with E-state index < -0.39 is 0 Å². The van der Waals surface area contributed by atoms with Crippen LogP contribution < -0.4 is 5.73 Å². The van der Waals surface area contributed by atoms with E-state index >= 15 is 0 Å². The molecule has 0 aromatic carbocycles. The Labute approximate surface area is 55.1 Å². The lowest BCUT2D eigenvalue weighted by Crippen LogP contribution is -2.54. The Bertz CT molecular complexity index is 138. The summed E-state index contributed by atoms with van der Waals surface area (Å²) in [5.41, 5.74) is 5.92. The van der Waals surface area contributed by atoms with Gasteiger partial charge in [-0.1, -0.05) is 6.92 Å². The largest absolute Gasteiger partial charge is 0.392 e. The summed E-state index contributed by atoms with van der Waals surface area (Å²) < 4.78 is 0. The van der Waals surface area contributed by atoms with Gasteiger partial charge in [-0.05, 0) is 18.8 Å². The van der Waals surface area contributed by atoms with Gasteiger partial charge >= 0.3 is 0 Å². The topological polar surface area (TPSA) is 46.2 Å². The van der Waals surface area contributed by atoms with Crippen molar-refractivity contribution in [2.75, 3.05) is 0 Å². The van der Waals surface area contributed by atoms with Crippen LogP contribution in [0, 0.1) is 11.3 Å². The fraction of sp³-hybridized carbons (Fsp3) is 1.00. The van der Waals surface area contributed by atoms with E-state index in [0.29, 0.717) is 12.0 Å². The zero-order valence-electron chi connectivity index (χ0n) is 5.67. The molecule has 0 saturated heterocycles. The molecule has 0 aromatic heterocycles. The lowest BCUT2D eigenvalue weighted by molar-refractivity contribution is -0.0232. The number of hydrogen-bond donors (Lipinski definition) is 2.